The van der Waals surface area contributed by atoms with Gasteiger partial charge >= 0.3 is 0 Å². The number of thioether (sulfide) groups is 1. The van der Waals surface area contributed by atoms with Crippen molar-refractivity contribution in [2.75, 3.05) is 18.6 Å². The third-order valence-electron chi connectivity index (χ3n) is 5.06. The SMILES string of the molecule is C=CCN1/C(=C/c2ccc3cc(C)ccc3[n+]2CC)Sc2ccc(OC)cc21.[Br-]. The molecular weight excluding hydrogens is 444 g/mol. The second-order valence-corrected chi connectivity index (χ2v) is 7.94. The highest BCUT2D eigenvalue weighted by atomic mass is 79.9. The van der Waals surface area contributed by atoms with Gasteiger partial charge in [0.25, 0.3) is 0 Å². The molecule has 1 aromatic heterocycles. The van der Waals surface area contributed by atoms with Crippen molar-refractivity contribution in [3.63, 3.8) is 0 Å². The zero-order valence-corrected chi connectivity index (χ0v) is 19.4. The van der Waals surface area contributed by atoms with Crippen molar-refractivity contribution in [3.8, 4) is 5.75 Å². The molecular formula is C24H25BrN2OS. The summed E-state index contributed by atoms with van der Waals surface area (Å²) in [5.41, 5.74) is 4.93. The van der Waals surface area contributed by atoms with Crippen molar-refractivity contribution in [3.05, 3.63) is 77.5 Å². The summed E-state index contributed by atoms with van der Waals surface area (Å²) in [5, 5.41) is 2.48. The number of hydrogen-bond acceptors (Lipinski definition) is 3. The first-order valence-corrected chi connectivity index (χ1v) is 10.4. The molecule has 0 N–H and O–H groups in total. The summed E-state index contributed by atoms with van der Waals surface area (Å²) in [5.74, 6) is 0.874. The van der Waals surface area contributed by atoms with Crippen molar-refractivity contribution >= 4 is 34.4 Å². The Balaban J connectivity index is 0.00000240. The monoisotopic (exact) mass is 468 g/mol. The van der Waals surface area contributed by atoms with Crippen LogP contribution in [-0.2, 0) is 6.54 Å². The minimum Gasteiger partial charge on any atom is -1.00 e. The standard InChI is InChI=1S/C24H25N2OS.BrH/c1-5-13-26-22-16-20(27-4)10-12-23(22)28-24(26)15-19-9-8-18-14-17(3)7-11-21(18)25(19)6-2;/h5,7-12,14-16H,1,6,13H2,2-4H3;1H/q+1;/p-1. The lowest BCUT2D eigenvalue weighted by Crippen LogP contribution is -3.00. The average Bonchev–Trinajstić information content (AvgIpc) is 3.04. The van der Waals surface area contributed by atoms with E-state index in [0.717, 1.165) is 18.8 Å². The van der Waals surface area contributed by atoms with Crippen LogP contribution in [-0.4, -0.2) is 13.7 Å². The molecule has 1 aliphatic heterocycles. The highest BCUT2D eigenvalue weighted by molar-refractivity contribution is 8.03. The third kappa shape index (κ3) is 4.07. The van der Waals surface area contributed by atoms with Crippen LogP contribution in [0.4, 0.5) is 5.69 Å². The number of fused-ring (bicyclic) bond motifs is 2. The van der Waals surface area contributed by atoms with Crippen molar-refractivity contribution in [2.45, 2.75) is 25.3 Å². The summed E-state index contributed by atoms with van der Waals surface area (Å²) in [6.07, 6.45) is 4.23. The lowest BCUT2D eigenvalue weighted by molar-refractivity contribution is -0.669. The maximum absolute atomic E-state index is 5.43. The maximum Gasteiger partial charge on any atom is 0.212 e. The second-order valence-electron chi connectivity index (χ2n) is 6.88. The number of halogens is 1. The summed E-state index contributed by atoms with van der Waals surface area (Å²) >= 11 is 1.80. The molecule has 5 heteroatoms. The number of benzene rings is 2. The molecule has 29 heavy (non-hydrogen) atoms. The Kier molecular flexibility index (Phi) is 6.70. The molecule has 0 amide bonds. The minimum absolute atomic E-state index is 0. The molecule has 0 unspecified atom stereocenters. The molecule has 0 aliphatic carbocycles. The van der Waals surface area contributed by atoms with E-state index in [1.165, 1.54) is 37.8 Å². The summed E-state index contributed by atoms with van der Waals surface area (Å²) in [4.78, 5) is 3.54. The Morgan fingerprint density at radius 1 is 1.14 bits per heavy atom. The Morgan fingerprint density at radius 2 is 1.97 bits per heavy atom. The predicted octanol–water partition coefficient (Wildman–Crippen LogP) is 2.56. The predicted molar refractivity (Wildman–Crippen MR) is 119 cm³/mol. The Morgan fingerprint density at radius 3 is 2.69 bits per heavy atom. The van der Waals surface area contributed by atoms with E-state index >= 15 is 0 Å². The first-order chi connectivity index (χ1) is 13.6. The molecule has 0 atom stereocenters. The number of rotatable bonds is 5. The van der Waals surface area contributed by atoms with Gasteiger partial charge in [-0.3, -0.25) is 0 Å². The van der Waals surface area contributed by atoms with E-state index < -0.39 is 0 Å². The van der Waals surface area contributed by atoms with Crippen molar-refractivity contribution < 1.29 is 26.3 Å². The van der Waals surface area contributed by atoms with E-state index in [0.29, 0.717) is 0 Å². The fourth-order valence-electron chi connectivity index (χ4n) is 3.70. The number of methoxy groups -OCH3 is 1. The van der Waals surface area contributed by atoms with Crippen molar-refractivity contribution in [1.82, 2.24) is 0 Å². The van der Waals surface area contributed by atoms with E-state index in [2.05, 4.69) is 78.4 Å². The molecule has 0 radical (unpaired) electrons. The lowest BCUT2D eigenvalue weighted by Gasteiger charge is -2.18. The highest BCUT2D eigenvalue weighted by Crippen LogP contribution is 2.47. The largest absolute Gasteiger partial charge is 1.00 e. The van der Waals surface area contributed by atoms with Crippen LogP contribution in [0.25, 0.3) is 17.0 Å². The molecule has 4 rings (SSSR count). The van der Waals surface area contributed by atoms with Crippen molar-refractivity contribution in [2.24, 2.45) is 0 Å². The van der Waals surface area contributed by atoms with Crippen LogP contribution >= 0.6 is 11.8 Å². The van der Waals surface area contributed by atoms with Crippen LogP contribution in [0, 0.1) is 6.92 Å². The van der Waals surface area contributed by atoms with Gasteiger partial charge in [0, 0.05) is 41.1 Å². The topological polar surface area (TPSA) is 16.4 Å². The molecule has 1 aliphatic rings. The van der Waals surface area contributed by atoms with Gasteiger partial charge in [-0.05, 0) is 38.1 Å². The lowest BCUT2D eigenvalue weighted by atomic mass is 10.1. The third-order valence-corrected chi connectivity index (χ3v) is 6.17. The number of ether oxygens (including phenoxy) is 1. The van der Waals surface area contributed by atoms with Gasteiger partial charge in [-0.25, -0.2) is 0 Å². The molecule has 0 saturated carbocycles. The number of aromatic nitrogens is 1. The van der Waals surface area contributed by atoms with Crippen LogP contribution in [0.3, 0.4) is 0 Å². The van der Waals surface area contributed by atoms with Gasteiger partial charge in [-0.2, -0.15) is 4.57 Å². The maximum atomic E-state index is 5.43. The molecule has 3 nitrogen and oxygen atoms in total. The van der Waals surface area contributed by atoms with Gasteiger partial charge < -0.3 is 26.6 Å². The first-order valence-electron chi connectivity index (χ1n) is 9.54. The summed E-state index contributed by atoms with van der Waals surface area (Å²) in [7, 11) is 1.71. The van der Waals surface area contributed by atoms with E-state index in [-0.39, 0.29) is 17.0 Å². The van der Waals surface area contributed by atoms with Gasteiger partial charge in [-0.1, -0.05) is 29.5 Å². The molecule has 2 aromatic carbocycles. The number of hydrogen-bond donors (Lipinski definition) is 0. The molecule has 0 fully saturated rings. The second kappa shape index (κ2) is 9.06. The molecule has 2 heterocycles. The highest BCUT2D eigenvalue weighted by Gasteiger charge is 2.26. The number of anilines is 1. The molecule has 0 saturated heterocycles. The summed E-state index contributed by atoms with van der Waals surface area (Å²) < 4.78 is 7.80. The number of nitrogens with zero attached hydrogens (tertiary/aromatic N) is 2. The van der Waals surface area contributed by atoms with Crippen LogP contribution in [0.15, 0.2) is 71.1 Å². The Bertz CT molecular complexity index is 1090. The van der Waals surface area contributed by atoms with E-state index in [1.54, 1.807) is 18.9 Å². The van der Waals surface area contributed by atoms with E-state index in [9.17, 15) is 0 Å². The fourth-order valence-corrected chi connectivity index (χ4v) is 4.79. The summed E-state index contributed by atoms with van der Waals surface area (Å²) in [6, 6.07) is 17.3. The van der Waals surface area contributed by atoms with Crippen molar-refractivity contribution in [1.29, 1.82) is 0 Å². The first kappa shape index (κ1) is 21.5. The zero-order valence-electron chi connectivity index (χ0n) is 17.0. The normalized spacial score (nSPS) is 14.0. The van der Waals surface area contributed by atoms with Crippen LogP contribution in [0.2, 0.25) is 0 Å². The van der Waals surface area contributed by atoms with Gasteiger partial charge in [0.1, 0.15) is 12.3 Å². The van der Waals surface area contributed by atoms with Crippen LogP contribution in [0.1, 0.15) is 18.2 Å². The average molecular weight is 469 g/mol. The van der Waals surface area contributed by atoms with Gasteiger partial charge in [-0.15, -0.1) is 6.58 Å². The van der Waals surface area contributed by atoms with E-state index in [1.807, 2.05) is 12.1 Å². The summed E-state index contributed by atoms with van der Waals surface area (Å²) in [6.45, 7) is 9.97. The minimum atomic E-state index is 0. The van der Waals surface area contributed by atoms with E-state index in [4.69, 9.17) is 4.74 Å². The Hall–Kier alpha value is -2.24. The van der Waals surface area contributed by atoms with Gasteiger partial charge in [0.15, 0.2) is 0 Å². The van der Waals surface area contributed by atoms with Gasteiger partial charge in [0.2, 0.25) is 11.2 Å². The fraction of sp³-hybridized carbons (Fsp3) is 0.208. The van der Waals surface area contributed by atoms with Crippen LogP contribution < -0.4 is 31.2 Å². The van der Waals surface area contributed by atoms with Crippen LogP contribution in [0.5, 0.6) is 5.75 Å². The molecule has 3 aromatic rings. The van der Waals surface area contributed by atoms with Gasteiger partial charge in [0.05, 0.1) is 17.8 Å². The molecule has 0 spiro atoms. The zero-order chi connectivity index (χ0) is 19.7. The molecule has 0 bridgehead atoms. The number of aryl methyl sites for hydroxylation is 2. The molecule has 150 valence electrons. The number of pyridine rings is 1. The quantitative estimate of drug-likeness (QED) is 0.422. The Labute approximate surface area is 187 Å². The smallest absolute Gasteiger partial charge is 0.212 e.